The predicted octanol–water partition coefficient (Wildman–Crippen LogP) is 1.89. The fourth-order valence-corrected chi connectivity index (χ4v) is 1.29. The van der Waals surface area contributed by atoms with Gasteiger partial charge in [0.15, 0.2) is 5.76 Å². The molecule has 0 saturated heterocycles. The summed E-state index contributed by atoms with van der Waals surface area (Å²) in [6.07, 6.45) is 1.45. The average molecular weight is 263 g/mol. The summed E-state index contributed by atoms with van der Waals surface area (Å²) in [4.78, 5) is 11.4. The molecule has 0 aliphatic heterocycles. The average Bonchev–Trinajstić information content (AvgIpc) is 2.59. The zero-order chi connectivity index (χ0) is 10.4. The van der Waals surface area contributed by atoms with Crippen LogP contribution in [-0.4, -0.2) is 32.7 Å². The van der Waals surface area contributed by atoms with Gasteiger partial charge in [0.2, 0.25) is 5.78 Å². The normalized spacial score (nSPS) is 10.4. The molecule has 0 bridgehead atoms. The first kappa shape index (κ1) is 11.4. The van der Waals surface area contributed by atoms with Crippen molar-refractivity contribution >= 4 is 21.7 Å². The highest BCUT2D eigenvalue weighted by Crippen LogP contribution is 2.17. The summed E-state index contributed by atoms with van der Waals surface area (Å²) in [5, 5.41) is 0. The lowest BCUT2D eigenvalue weighted by molar-refractivity contribution is 0.0557. The van der Waals surface area contributed by atoms with Crippen LogP contribution in [0.2, 0.25) is 0 Å². The van der Waals surface area contributed by atoms with Crippen LogP contribution in [0.1, 0.15) is 10.6 Å². The van der Waals surface area contributed by atoms with Gasteiger partial charge in [0.25, 0.3) is 0 Å². The van der Waals surface area contributed by atoms with E-state index in [2.05, 4.69) is 15.9 Å². The van der Waals surface area contributed by atoms with Crippen molar-refractivity contribution < 1.29 is 18.7 Å². The highest BCUT2D eigenvalue weighted by atomic mass is 79.9. The zero-order valence-electron chi connectivity index (χ0n) is 7.79. The van der Waals surface area contributed by atoms with Gasteiger partial charge in [0, 0.05) is 7.11 Å². The number of carbonyl (C=O) groups excluding carboxylic acids is 1. The van der Waals surface area contributed by atoms with Gasteiger partial charge in [-0.2, -0.15) is 0 Å². The highest BCUT2D eigenvalue weighted by Gasteiger charge is 2.13. The second-order valence-electron chi connectivity index (χ2n) is 2.57. The number of hydrogen-bond acceptors (Lipinski definition) is 4. The van der Waals surface area contributed by atoms with Crippen molar-refractivity contribution in [1.29, 1.82) is 0 Å². The van der Waals surface area contributed by atoms with Crippen molar-refractivity contribution in [3.8, 4) is 0 Å². The van der Waals surface area contributed by atoms with Crippen LogP contribution >= 0.6 is 15.9 Å². The molecule has 14 heavy (non-hydrogen) atoms. The molecular formula is C9H11BrO4. The summed E-state index contributed by atoms with van der Waals surface area (Å²) >= 11 is 3.19. The number of halogens is 1. The van der Waals surface area contributed by atoms with Gasteiger partial charge in [-0.05, 0) is 22.0 Å². The number of hydrogen-bond donors (Lipinski definition) is 0. The quantitative estimate of drug-likeness (QED) is 0.580. The lowest BCUT2D eigenvalue weighted by Gasteiger charge is -2.01. The van der Waals surface area contributed by atoms with E-state index < -0.39 is 0 Å². The minimum Gasteiger partial charge on any atom is -0.460 e. The first-order valence-electron chi connectivity index (χ1n) is 4.08. The van der Waals surface area contributed by atoms with E-state index in [0.29, 0.717) is 23.4 Å². The van der Waals surface area contributed by atoms with Crippen molar-refractivity contribution in [2.45, 2.75) is 0 Å². The van der Waals surface area contributed by atoms with E-state index in [0.717, 1.165) is 0 Å². The molecular weight excluding hydrogens is 252 g/mol. The molecule has 0 spiro atoms. The second-order valence-corrected chi connectivity index (χ2v) is 3.42. The lowest BCUT2D eigenvalue weighted by atomic mass is 10.3. The summed E-state index contributed by atoms with van der Waals surface area (Å²) in [7, 11) is 1.58. The largest absolute Gasteiger partial charge is 0.460 e. The molecule has 1 heterocycles. The first-order chi connectivity index (χ1) is 6.75. The van der Waals surface area contributed by atoms with Crippen molar-refractivity contribution in [2.24, 2.45) is 0 Å². The molecule has 0 N–H and O–H groups in total. The third-order valence-electron chi connectivity index (χ3n) is 1.54. The molecule has 0 saturated carbocycles. The molecule has 0 atom stereocenters. The Morgan fingerprint density at radius 2 is 2.36 bits per heavy atom. The van der Waals surface area contributed by atoms with E-state index >= 15 is 0 Å². The number of rotatable bonds is 6. The maximum atomic E-state index is 11.4. The Hall–Kier alpha value is -0.650. The molecule has 0 aromatic carbocycles. The van der Waals surface area contributed by atoms with Gasteiger partial charge in [-0.15, -0.1) is 0 Å². The Balaban J connectivity index is 2.32. The smallest absolute Gasteiger partial charge is 0.224 e. The van der Waals surface area contributed by atoms with Crippen molar-refractivity contribution in [3.63, 3.8) is 0 Å². The van der Waals surface area contributed by atoms with Gasteiger partial charge in [0.1, 0.15) is 6.61 Å². The minimum atomic E-state index is -0.182. The number of Topliss-reactive ketones (excluding diaryl/α,β-unsaturated/α-hetero) is 1. The highest BCUT2D eigenvalue weighted by molar-refractivity contribution is 9.10. The Labute approximate surface area is 90.3 Å². The fraction of sp³-hybridized carbons (Fsp3) is 0.444. The van der Waals surface area contributed by atoms with Crippen molar-refractivity contribution in [2.75, 3.05) is 26.9 Å². The molecule has 4 nitrogen and oxygen atoms in total. The van der Waals surface area contributed by atoms with Gasteiger partial charge in [0.05, 0.1) is 23.9 Å². The maximum absolute atomic E-state index is 11.4. The van der Waals surface area contributed by atoms with E-state index in [9.17, 15) is 4.79 Å². The molecule has 0 unspecified atom stereocenters. The van der Waals surface area contributed by atoms with Crippen LogP contribution in [0.5, 0.6) is 0 Å². The molecule has 0 radical (unpaired) electrons. The van der Waals surface area contributed by atoms with Crippen LogP contribution in [0, 0.1) is 0 Å². The van der Waals surface area contributed by atoms with E-state index in [-0.39, 0.29) is 12.4 Å². The van der Waals surface area contributed by atoms with Crippen molar-refractivity contribution in [3.05, 3.63) is 22.6 Å². The monoisotopic (exact) mass is 262 g/mol. The number of furan rings is 1. The third-order valence-corrected chi connectivity index (χ3v) is 2.16. The molecule has 1 rings (SSSR count). The predicted molar refractivity (Wildman–Crippen MR) is 53.4 cm³/mol. The lowest BCUT2D eigenvalue weighted by Crippen LogP contribution is -2.11. The summed E-state index contributed by atoms with van der Waals surface area (Å²) in [6.45, 7) is 0.892. The van der Waals surface area contributed by atoms with E-state index in [1.807, 2.05) is 0 Å². The SMILES string of the molecule is COCCOCC(=O)c1occc1Br. The second kappa shape index (κ2) is 5.95. The molecule has 0 fully saturated rings. The maximum Gasteiger partial charge on any atom is 0.224 e. The standard InChI is InChI=1S/C9H11BrO4/c1-12-4-5-13-6-8(11)9-7(10)2-3-14-9/h2-3H,4-6H2,1H3. The molecule has 1 aromatic heterocycles. The first-order valence-corrected chi connectivity index (χ1v) is 4.88. The third kappa shape index (κ3) is 3.25. The van der Waals surface area contributed by atoms with Crippen LogP contribution in [0.4, 0.5) is 0 Å². The minimum absolute atomic E-state index is 0.00940. The van der Waals surface area contributed by atoms with Crippen LogP contribution in [-0.2, 0) is 9.47 Å². The number of ether oxygens (including phenoxy) is 2. The number of methoxy groups -OCH3 is 1. The molecule has 0 aliphatic rings. The van der Waals surface area contributed by atoms with Gasteiger partial charge < -0.3 is 13.9 Å². The van der Waals surface area contributed by atoms with Crippen LogP contribution < -0.4 is 0 Å². The summed E-state index contributed by atoms with van der Waals surface area (Å²) < 4.78 is 15.5. The summed E-state index contributed by atoms with van der Waals surface area (Å²) in [6, 6.07) is 1.67. The van der Waals surface area contributed by atoms with Crippen LogP contribution in [0.15, 0.2) is 21.2 Å². The number of ketones is 1. The molecule has 5 heteroatoms. The topological polar surface area (TPSA) is 48.7 Å². The fourth-order valence-electron chi connectivity index (χ4n) is 0.865. The zero-order valence-corrected chi connectivity index (χ0v) is 9.37. The Bertz CT molecular complexity index is 295. The molecule has 0 amide bonds. The van der Waals surface area contributed by atoms with Gasteiger partial charge >= 0.3 is 0 Å². The van der Waals surface area contributed by atoms with Gasteiger partial charge in [-0.1, -0.05) is 0 Å². The summed E-state index contributed by atoms with van der Waals surface area (Å²) in [5.74, 6) is 0.111. The van der Waals surface area contributed by atoms with E-state index in [1.165, 1.54) is 6.26 Å². The molecule has 1 aromatic rings. The van der Waals surface area contributed by atoms with Gasteiger partial charge in [-0.25, -0.2) is 0 Å². The number of carbonyl (C=O) groups is 1. The molecule has 78 valence electrons. The summed E-state index contributed by atoms with van der Waals surface area (Å²) in [5.41, 5.74) is 0. The van der Waals surface area contributed by atoms with Gasteiger partial charge in [-0.3, -0.25) is 4.79 Å². The van der Waals surface area contributed by atoms with Crippen LogP contribution in [0.3, 0.4) is 0 Å². The van der Waals surface area contributed by atoms with Crippen LogP contribution in [0.25, 0.3) is 0 Å². The Kier molecular flexibility index (Phi) is 4.86. The molecule has 0 aliphatic carbocycles. The van der Waals surface area contributed by atoms with E-state index in [1.54, 1.807) is 13.2 Å². The Morgan fingerprint density at radius 1 is 1.57 bits per heavy atom. The van der Waals surface area contributed by atoms with Crippen molar-refractivity contribution in [1.82, 2.24) is 0 Å². The van der Waals surface area contributed by atoms with E-state index in [4.69, 9.17) is 13.9 Å². The Morgan fingerprint density at radius 3 is 2.93 bits per heavy atom.